The van der Waals surface area contributed by atoms with Gasteiger partial charge in [-0.3, -0.25) is 9.59 Å². The number of benzene rings is 4. The second-order valence-corrected chi connectivity index (χ2v) is 10.4. The standard InChI is InChI=1S/C34H34N2O6/c1-19-15-23(41-13-11-37)16-20(2)31(19)35-27-9-10-28(36-32-21(3)17-24(18-22(32)4)42-14-12-38)30-29(27)33(39)25-7-5-6-8-26(25)34(30)40/h5-10,15-18,35-38H,11-14H2,1-4H3. The van der Waals surface area contributed by atoms with Gasteiger partial charge in [-0.2, -0.15) is 0 Å². The number of hydrogen-bond acceptors (Lipinski definition) is 8. The van der Waals surface area contributed by atoms with Gasteiger partial charge in [0.15, 0.2) is 11.6 Å². The van der Waals surface area contributed by atoms with Crippen LogP contribution in [-0.4, -0.2) is 48.2 Å². The van der Waals surface area contributed by atoms with E-state index in [4.69, 9.17) is 19.7 Å². The lowest BCUT2D eigenvalue weighted by Crippen LogP contribution is -2.23. The molecule has 0 saturated carbocycles. The molecule has 0 heterocycles. The molecule has 0 aliphatic heterocycles. The molecule has 0 bridgehead atoms. The molecule has 0 unspecified atom stereocenters. The number of carbonyl (C=O) groups excluding carboxylic acids is 2. The van der Waals surface area contributed by atoms with Crippen LogP contribution in [-0.2, 0) is 0 Å². The van der Waals surface area contributed by atoms with Crippen LogP contribution in [0.25, 0.3) is 0 Å². The second-order valence-electron chi connectivity index (χ2n) is 10.4. The van der Waals surface area contributed by atoms with E-state index in [1.165, 1.54) is 0 Å². The molecule has 0 radical (unpaired) electrons. The van der Waals surface area contributed by atoms with Crippen molar-refractivity contribution in [3.63, 3.8) is 0 Å². The summed E-state index contributed by atoms with van der Waals surface area (Å²) in [4.78, 5) is 28.0. The highest BCUT2D eigenvalue weighted by Gasteiger charge is 2.34. The minimum absolute atomic E-state index is 0.0804. The minimum Gasteiger partial charge on any atom is -0.491 e. The number of anilines is 4. The van der Waals surface area contributed by atoms with Crippen molar-refractivity contribution in [1.29, 1.82) is 0 Å². The van der Waals surface area contributed by atoms with Gasteiger partial charge in [0.2, 0.25) is 0 Å². The topological polar surface area (TPSA) is 117 Å². The molecular formula is C34H34N2O6. The molecule has 0 aromatic heterocycles. The SMILES string of the molecule is Cc1cc(OCCO)cc(C)c1Nc1ccc(Nc2c(C)cc(OCCO)cc2C)c2c1C(=O)c1ccccc1C2=O. The molecular weight excluding hydrogens is 532 g/mol. The highest BCUT2D eigenvalue weighted by atomic mass is 16.5. The van der Waals surface area contributed by atoms with Gasteiger partial charge in [0.1, 0.15) is 24.7 Å². The second kappa shape index (κ2) is 12.1. The zero-order chi connectivity index (χ0) is 30.0. The number of ether oxygens (including phenoxy) is 2. The number of fused-ring (bicyclic) bond motifs is 2. The molecule has 0 saturated heterocycles. The summed E-state index contributed by atoms with van der Waals surface area (Å²) in [6, 6.07) is 18.0. The van der Waals surface area contributed by atoms with Crippen LogP contribution in [0.1, 0.15) is 54.1 Å². The molecule has 216 valence electrons. The molecule has 1 aliphatic carbocycles. The van der Waals surface area contributed by atoms with Gasteiger partial charge < -0.3 is 30.3 Å². The first-order valence-electron chi connectivity index (χ1n) is 13.8. The van der Waals surface area contributed by atoms with Crippen LogP contribution in [0.2, 0.25) is 0 Å². The number of aliphatic hydroxyl groups excluding tert-OH is 2. The van der Waals surface area contributed by atoms with Crippen LogP contribution in [0.5, 0.6) is 11.5 Å². The fraction of sp³-hybridized carbons (Fsp3) is 0.235. The Labute approximate surface area is 244 Å². The third kappa shape index (κ3) is 5.46. The maximum atomic E-state index is 14.0. The summed E-state index contributed by atoms with van der Waals surface area (Å²) < 4.78 is 11.2. The average molecular weight is 567 g/mol. The zero-order valence-corrected chi connectivity index (χ0v) is 24.1. The van der Waals surface area contributed by atoms with E-state index in [9.17, 15) is 9.59 Å². The predicted octanol–water partition coefficient (Wildman–Crippen LogP) is 5.93. The lowest BCUT2D eigenvalue weighted by molar-refractivity contribution is 0.0980. The summed E-state index contributed by atoms with van der Waals surface area (Å²) in [7, 11) is 0. The van der Waals surface area contributed by atoms with E-state index in [1.54, 1.807) is 24.3 Å². The van der Waals surface area contributed by atoms with Crippen LogP contribution in [0.4, 0.5) is 22.7 Å². The van der Waals surface area contributed by atoms with Crippen molar-refractivity contribution < 1.29 is 29.3 Å². The minimum atomic E-state index is -0.231. The molecule has 0 amide bonds. The van der Waals surface area contributed by atoms with E-state index in [2.05, 4.69) is 10.6 Å². The molecule has 4 aromatic rings. The first-order chi connectivity index (χ1) is 20.2. The zero-order valence-electron chi connectivity index (χ0n) is 24.1. The first kappa shape index (κ1) is 28.9. The Balaban J connectivity index is 1.60. The summed E-state index contributed by atoms with van der Waals surface area (Å²) in [5, 5.41) is 25.1. The van der Waals surface area contributed by atoms with Gasteiger partial charge in [-0.15, -0.1) is 0 Å². The predicted molar refractivity (Wildman–Crippen MR) is 163 cm³/mol. The van der Waals surface area contributed by atoms with Crippen molar-refractivity contribution in [3.8, 4) is 11.5 Å². The van der Waals surface area contributed by atoms with E-state index in [-0.39, 0.29) is 38.0 Å². The summed E-state index contributed by atoms with van der Waals surface area (Å²) in [5.74, 6) is 0.825. The molecule has 0 atom stereocenters. The van der Waals surface area contributed by atoms with Gasteiger partial charge in [-0.25, -0.2) is 0 Å². The van der Waals surface area contributed by atoms with Crippen LogP contribution in [0, 0.1) is 27.7 Å². The number of ketones is 2. The number of aliphatic hydroxyl groups is 2. The molecule has 4 N–H and O–H groups in total. The van der Waals surface area contributed by atoms with Crippen molar-refractivity contribution in [1.82, 2.24) is 0 Å². The molecule has 0 fully saturated rings. The average Bonchev–Trinajstić information content (AvgIpc) is 2.97. The van der Waals surface area contributed by atoms with E-state index in [1.807, 2.05) is 64.1 Å². The van der Waals surface area contributed by atoms with E-state index in [0.717, 1.165) is 33.6 Å². The molecule has 42 heavy (non-hydrogen) atoms. The lowest BCUT2D eigenvalue weighted by Gasteiger charge is -2.25. The normalized spacial score (nSPS) is 12.0. The van der Waals surface area contributed by atoms with Crippen LogP contribution >= 0.6 is 0 Å². The largest absolute Gasteiger partial charge is 0.491 e. The number of rotatable bonds is 10. The lowest BCUT2D eigenvalue weighted by atomic mass is 9.82. The van der Waals surface area contributed by atoms with Gasteiger partial charge in [0, 0.05) is 22.5 Å². The highest BCUT2D eigenvalue weighted by Crippen LogP contribution is 2.41. The summed E-state index contributed by atoms with van der Waals surface area (Å²) in [6.45, 7) is 7.97. The van der Waals surface area contributed by atoms with Gasteiger partial charge in [0.05, 0.1) is 35.7 Å². The molecule has 5 rings (SSSR count). The Hall–Kier alpha value is -4.66. The van der Waals surface area contributed by atoms with Crippen molar-refractivity contribution >= 4 is 34.3 Å². The number of aryl methyl sites for hydroxylation is 4. The third-order valence-electron chi connectivity index (χ3n) is 7.33. The molecule has 4 aromatic carbocycles. The van der Waals surface area contributed by atoms with E-state index < -0.39 is 0 Å². The maximum absolute atomic E-state index is 14.0. The molecule has 0 spiro atoms. The van der Waals surface area contributed by atoms with Crippen molar-refractivity contribution in [2.45, 2.75) is 27.7 Å². The van der Waals surface area contributed by atoms with Crippen LogP contribution in [0.15, 0.2) is 60.7 Å². The van der Waals surface area contributed by atoms with Gasteiger partial charge in [-0.05, 0) is 86.3 Å². The Kier molecular flexibility index (Phi) is 8.29. The Morgan fingerprint density at radius 3 is 1.29 bits per heavy atom. The Bertz CT molecular complexity index is 1520. The molecule has 1 aliphatic rings. The quantitative estimate of drug-likeness (QED) is 0.165. The number of carbonyl (C=O) groups is 2. The van der Waals surface area contributed by atoms with Crippen LogP contribution in [0.3, 0.4) is 0 Å². The monoisotopic (exact) mass is 566 g/mol. The van der Waals surface area contributed by atoms with E-state index in [0.29, 0.717) is 45.1 Å². The van der Waals surface area contributed by atoms with Crippen molar-refractivity contribution in [2.24, 2.45) is 0 Å². The Morgan fingerprint density at radius 1 is 0.595 bits per heavy atom. The fourth-order valence-corrected chi connectivity index (χ4v) is 5.44. The van der Waals surface area contributed by atoms with Gasteiger partial charge in [-0.1, -0.05) is 24.3 Å². The summed E-state index contributed by atoms with van der Waals surface area (Å²) in [6.07, 6.45) is 0. The fourth-order valence-electron chi connectivity index (χ4n) is 5.44. The van der Waals surface area contributed by atoms with Gasteiger partial charge >= 0.3 is 0 Å². The third-order valence-corrected chi connectivity index (χ3v) is 7.33. The van der Waals surface area contributed by atoms with E-state index >= 15 is 0 Å². The summed E-state index contributed by atoms with van der Waals surface area (Å²) in [5.41, 5.74) is 7.59. The first-order valence-corrected chi connectivity index (χ1v) is 13.8. The molecule has 8 nitrogen and oxygen atoms in total. The Morgan fingerprint density at radius 2 is 0.952 bits per heavy atom. The smallest absolute Gasteiger partial charge is 0.196 e. The molecule has 8 heteroatoms. The number of hydrogen-bond donors (Lipinski definition) is 4. The maximum Gasteiger partial charge on any atom is 0.196 e. The van der Waals surface area contributed by atoms with Crippen LogP contribution < -0.4 is 20.1 Å². The highest BCUT2D eigenvalue weighted by molar-refractivity contribution is 6.32. The van der Waals surface area contributed by atoms with Gasteiger partial charge in [0.25, 0.3) is 0 Å². The van der Waals surface area contributed by atoms with Crippen molar-refractivity contribution in [3.05, 3.63) is 105 Å². The number of nitrogens with one attached hydrogen (secondary N) is 2. The van der Waals surface area contributed by atoms with Crippen molar-refractivity contribution in [2.75, 3.05) is 37.1 Å². The summed E-state index contributed by atoms with van der Waals surface area (Å²) >= 11 is 0.